The van der Waals surface area contributed by atoms with Crippen LogP contribution in [0.3, 0.4) is 0 Å². The third-order valence-electron chi connectivity index (χ3n) is 3.17. The predicted octanol–water partition coefficient (Wildman–Crippen LogP) is 0.428. The average Bonchev–Trinajstić information content (AvgIpc) is 2.72. The Labute approximate surface area is 97.1 Å². The van der Waals surface area contributed by atoms with Gasteiger partial charge in [-0.25, -0.2) is 0 Å². The van der Waals surface area contributed by atoms with Gasteiger partial charge in [0.05, 0.1) is 6.04 Å². The largest absolute Gasteiger partial charge is 0.396 e. The third kappa shape index (κ3) is 3.61. The molecule has 1 fully saturated rings. The van der Waals surface area contributed by atoms with Crippen molar-refractivity contribution < 1.29 is 9.90 Å². The summed E-state index contributed by atoms with van der Waals surface area (Å²) in [5.74, 6) is 0.290. The molecule has 0 spiro atoms. The summed E-state index contributed by atoms with van der Waals surface area (Å²) in [5.41, 5.74) is 0. The summed E-state index contributed by atoms with van der Waals surface area (Å²) in [7, 11) is 0. The van der Waals surface area contributed by atoms with E-state index < -0.39 is 0 Å². The maximum absolute atomic E-state index is 11.6. The van der Waals surface area contributed by atoms with Crippen molar-refractivity contribution in [2.45, 2.75) is 38.3 Å². The monoisotopic (exact) mass is 226 g/mol. The third-order valence-corrected chi connectivity index (χ3v) is 3.17. The van der Waals surface area contributed by atoms with E-state index in [0.29, 0.717) is 12.5 Å². The molecule has 0 saturated heterocycles. The number of amides is 1. The van der Waals surface area contributed by atoms with Gasteiger partial charge in [-0.2, -0.15) is 0 Å². The molecule has 0 heterocycles. The van der Waals surface area contributed by atoms with E-state index in [1.807, 2.05) is 6.92 Å². The highest BCUT2D eigenvalue weighted by atomic mass is 16.3. The van der Waals surface area contributed by atoms with Gasteiger partial charge in [-0.1, -0.05) is 12.5 Å². The minimum absolute atomic E-state index is 0.0107. The van der Waals surface area contributed by atoms with Crippen LogP contribution in [0, 0.1) is 5.92 Å². The second-order valence-corrected chi connectivity index (χ2v) is 4.40. The van der Waals surface area contributed by atoms with Crippen LogP contribution in [-0.4, -0.2) is 36.2 Å². The van der Waals surface area contributed by atoms with Crippen LogP contribution in [0.25, 0.3) is 0 Å². The second kappa shape index (κ2) is 6.66. The summed E-state index contributed by atoms with van der Waals surface area (Å²) in [6.07, 6.45) is 4.89. The first-order chi connectivity index (χ1) is 7.69. The predicted molar refractivity (Wildman–Crippen MR) is 64.0 cm³/mol. The topological polar surface area (TPSA) is 61.4 Å². The molecular weight excluding hydrogens is 204 g/mol. The normalized spacial score (nSPS) is 26.4. The number of carbonyl (C=O) groups excluding carboxylic acids is 1. The zero-order valence-corrected chi connectivity index (χ0v) is 9.91. The maximum Gasteiger partial charge on any atom is 0.237 e. The lowest BCUT2D eigenvalue weighted by molar-refractivity contribution is -0.122. The van der Waals surface area contributed by atoms with E-state index in [0.717, 1.165) is 19.3 Å². The molecule has 1 amide bonds. The van der Waals surface area contributed by atoms with Crippen LogP contribution in [-0.2, 0) is 4.79 Å². The van der Waals surface area contributed by atoms with Crippen LogP contribution in [0.2, 0.25) is 0 Å². The van der Waals surface area contributed by atoms with Gasteiger partial charge < -0.3 is 15.7 Å². The van der Waals surface area contributed by atoms with Gasteiger partial charge in [0.2, 0.25) is 5.91 Å². The molecular formula is C12H22N2O2. The zero-order chi connectivity index (χ0) is 12.0. The Kier molecular flexibility index (Phi) is 5.49. The van der Waals surface area contributed by atoms with E-state index in [1.54, 1.807) is 6.08 Å². The van der Waals surface area contributed by atoms with Crippen molar-refractivity contribution in [2.24, 2.45) is 5.92 Å². The average molecular weight is 226 g/mol. The summed E-state index contributed by atoms with van der Waals surface area (Å²) in [6, 6.07) is 0.0616. The summed E-state index contributed by atoms with van der Waals surface area (Å²) < 4.78 is 0. The van der Waals surface area contributed by atoms with E-state index in [1.165, 1.54) is 0 Å². The van der Waals surface area contributed by atoms with Crippen molar-refractivity contribution in [2.75, 3.05) is 13.2 Å². The number of rotatable bonds is 6. The lowest BCUT2D eigenvalue weighted by Gasteiger charge is -2.23. The van der Waals surface area contributed by atoms with Crippen LogP contribution in [0.1, 0.15) is 26.2 Å². The first-order valence-electron chi connectivity index (χ1n) is 5.94. The van der Waals surface area contributed by atoms with E-state index in [2.05, 4.69) is 17.2 Å². The van der Waals surface area contributed by atoms with Crippen LogP contribution in [0.4, 0.5) is 0 Å². The first-order valence-corrected chi connectivity index (χ1v) is 5.94. The molecule has 4 heteroatoms. The van der Waals surface area contributed by atoms with Gasteiger partial charge in [-0.15, -0.1) is 6.58 Å². The standard InChI is InChI=1S/C12H22N2O2/c1-3-7-13-12(16)9(2)14-11-6-4-5-10(11)8-15/h3,9-11,14-15H,1,4-8H2,2H3,(H,13,16). The Bertz CT molecular complexity index is 243. The van der Waals surface area contributed by atoms with Crippen molar-refractivity contribution in [1.29, 1.82) is 0 Å². The molecule has 16 heavy (non-hydrogen) atoms. The van der Waals surface area contributed by atoms with Gasteiger partial charge in [-0.3, -0.25) is 4.79 Å². The summed E-state index contributed by atoms with van der Waals surface area (Å²) >= 11 is 0. The van der Waals surface area contributed by atoms with Gasteiger partial charge in [0, 0.05) is 19.2 Å². The Morgan fingerprint density at radius 3 is 3.00 bits per heavy atom. The fourth-order valence-corrected chi connectivity index (χ4v) is 2.20. The van der Waals surface area contributed by atoms with Gasteiger partial charge in [0.15, 0.2) is 0 Å². The molecule has 0 bridgehead atoms. The molecule has 1 saturated carbocycles. The highest BCUT2D eigenvalue weighted by molar-refractivity contribution is 5.81. The fourth-order valence-electron chi connectivity index (χ4n) is 2.20. The molecule has 0 aliphatic heterocycles. The number of aliphatic hydroxyl groups is 1. The van der Waals surface area contributed by atoms with Gasteiger partial charge in [0.1, 0.15) is 0 Å². The summed E-state index contributed by atoms with van der Waals surface area (Å²) in [4.78, 5) is 11.6. The van der Waals surface area contributed by atoms with Gasteiger partial charge in [-0.05, 0) is 25.7 Å². The molecule has 1 aliphatic rings. The van der Waals surface area contributed by atoms with Gasteiger partial charge in [0.25, 0.3) is 0 Å². The maximum atomic E-state index is 11.6. The molecule has 0 aromatic carbocycles. The SMILES string of the molecule is C=CCNC(=O)C(C)NC1CCCC1CO. The molecule has 1 aliphatic carbocycles. The number of nitrogens with one attached hydrogen (secondary N) is 2. The van der Waals surface area contributed by atoms with E-state index in [4.69, 9.17) is 0 Å². The summed E-state index contributed by atoms with van der Waals surface area (Å²) in [5, 5.41) is 15.2. The number of carbonyl (C=O) groups is 1. The minimum Gasteiger partial charge on any atom is -0.396 e. The van der Waals surface area contributed by atoms with Crippen LogP contribution >= 0.6 is 0 Å². The van der Waals surface area contributed by atoms with Crippen molar-refractivity contribution >= 4 is 5.91 Å². The second-order valence-electron chi connectivity index (χ2n) is 4.40. The fraction of sp³-hybridized carbons (Fsp3) is 0.750. The number of aliphatic hydroxyl groups excluding tert-OH is 1. The van der Waals surface area contributed by atoms with Crippen LogP contribution < -0.4 is 10.6 Å². The lowest BCUT2D eigenvalue weighted by Crippen LogP contribution is -2.48. The van der Waals surface area contributed by atoms with E-state index in [9.17, 15) is 9.90 Å². The Balaban J connectivity index is 2.34. The first kappa shape index (κ1) is 13.2. The van der Waals surface area contributed by atoms with Crippen molar-refractivity contribution in [3.8, 4) is 0 Å². The molecule has 3 unspecified atom stereocenters. The molecule has 4 nitrogen and oxygen atoms in total. The molecule has 0 aromatic rings. The quantitative estimate of drug-likeness (QED) is 0.576. The molecule has 3 N–H and O–H groups in total. The van der Waals surface area contributed by atoms with Crippen LogP contribution in [0.5, 0.6) is 0 Å². The summed E-state index contributed by atoms with van der Waals surface area (Å²) in [6.45, 7) is 6.11. The highest BCUT2D eigenvalue weighted by Crippen LogP contribution is 2.25. The Hall–Kier alpha value is -0.870. The Morgan fingerprint density at radius 1 is 1.62 bits per heavy atom. The Morgan fingerprint density at radius 2 is 2.38 bits per heavy atom. The van der Waals surface area contributed by atoms with Crippen molar-refractivity contribution in [3.05, 3.63) is 12.7 Å². The molecule has 92 valence electrons. The minimum atomic E-state index is -0.211. The molecule has 1 rings (SSSR count). The number of hydrogen-bond donors (Lipinski definition) is 3. The molecule has 0 radical (unpaired) electrons. The van der Waals surface area contributed by atoms with E-state index >= 15 is 0 Å². The van der Waals surface area contributed by atoms with Crippen molar-refractivity contribution in [1.82, 2.24) is 10.6 Å². The van der Waals surface area contributed by atoms with Gasteiger partial charge >= 0.3 is 0 Å². The molecule has 3 atom stereocenters. The number of hydrogen-bond acceptors (Lipinski definition) is 3. The van der Waals surface area contributed by atoms with Crippen LogP contribution in [0.15, 0.2) is 12.7 Å². The lowest BCUT2D eigenvalue weighted by atomic mass is 10.0. The highest BCUT2D eigenvalue weighted by Gasteiger charge is 2.28. The van der Waals surface area contributed by atoms with E-state index in [-0.39, 0.29) is 24.6 Å². The molecule has 0 aromatic heterocycles. The zero-order valence-electron chi connectivity index (χ0n) is 9.91. The smallest absolute Gasteiger partial charge is 0.237 e. The van der Waals surface area contributed by atoms with Crippen molar-refractivity contribution in [3.63, 3.8) is 0 Å².